The van der Waals surface area contributed by atoms with Crippen LogP contribution in [-0.4, -0.2) is 40.7 Å². The largest absolute Gasteiger partial charge is 0.330 e. The predicted molar refractivity (Wildman–Crippen MR) is 101 cm³/mol. The normalized spacial score (nSPS) is 24.0. The molecule has 2 saturated carbocycles. The van der Waals surface area contributed by atoms with Crippen molar-refractivity contribution in [2.75, 3.05) is 5.01 Å². The minimum absolute atomic E-state index is 0.0559. The molecule has 0 bridgehead atoms. The Hall–Kier alpha value is -2.37. The van der Waals surface area contributed by atoms with Gasteiger partial charge < -0.3 is 4.90 Å². The fourth-order valence-corrected chi connectivity index (χ4v) is 3.96. The summed E-state index contributed by atoms with van der Waals surface area (Å²) in [5.74, 6) is 0.0847. The molecule has 2 amide bonds. The molecule has 2 aliphatic carbocycles. The first-order valence-corrected chi connectivity index (χ1v) is 9.71. The Morgan fingerprint density at radius 2 is 1.73 bits per heavy atom. The van der Waals surface area contributed by atoms with E-state index in [1.165, 1.54) is 24.3 Å². The number of amides is 2. The summed E-state index contributed by atoms with van der Waals surface area (Å²) in [5.41, 5.74) is 3.72. The van der Waals surface area contributed by atoms with E-state index in [1.54, 1.807) is 6.92 Å². The number of amidine groups is 1. The van der Waals surface area contributed by atoms with Crippen molar-refractivity contribution in [1.29, 1.82) is 0 Å². The highest BCUT2D eigenvalue weighted by Crippen LogP contribution is 2.34. The lowest BCUT2D eigenvalue weighted by molar-refractivity contribution is -0.128. The molecule has 0 aromatic heterocycles. The average molecular weight is 354 g/mol. The van der Waals surface area contributed by atoms with Crippen LogP contribution in [0, 0.1) is 0 Å². The number of anilines is 1. The number of nitrogens with zero attached hydrogens (tertiary/aromatic N) is 3. The fraction of sp³-hybridized carbons (Fsp3) is 0.550. The summed E-state index contributed by atoms with van der Waals surface area (Å²) in [6.45, 7) is 1.74. The number of carbonyl (C=O) groups is 2. The van der Waals surface area contributed by atoms with E-state index >= 15 is 0 Å². The van der Waals surface area contributed by atoms with Gasteiger partial charge in [0.1, 0.15) is 6.04 Å². The standard InChI is InChI=1S/C20H26N4O2/c1-14-19(25)24(17-10-6-3-7-11-17)22-18(21-14)20(26)23(16-12-13-16)15-8-4-2-5-9-15/h3,6-7,10-11,14-16H,2,4-5,8-9,12-13H2,1H3,(H,21,22)/t14-/m0/s1. The van der Waals surface area contributed by atoms with Crippen molar-refractivity contribution in [2.24, 2.45) is 4.99 Å². The molecule has 1 aromatic rings. The molecule has 138 valence electrons. The Labute approximate surface area is 154 Å². The SMILES string of the molecule is C[C@@H]1N=C(C(=O)N(C2CCCCC2)C2CC2)NN(c2ccccc2)C1=O. The number of hydrogen-bond acceptors (Lipinski definition) is 4. The first-order chi connectivity index (χ1) is 12.6. The first kappa shape index (κ1) is 17.1. The first-order valence-electron chi connectivity index (χ1n) is 9.71. The Morgan fingerprint density at radius 1 is 1.08 bits per heavy atom. The molecule has 4 rings (SSSR count). The van der Waals surface area contributed by atoms with Crippen molar-refractivity contribution in [1.82, 2.24) is 10.3 Å². The molecule has 1 heterocycles. The smallest absolute Gasteiger partial charge is 0.291 e. The maximum absolute atomic E-state index is 13.3. The summed E-state index contributed by atoms with van der Waals surface area (Å²) < 4.78 is 0. The molecule has 3 aliphatic rings. The summed E-state index contributed by atoms with van der Waals surface area (Å²) in [5, 5.41) is 1.46. The van der Waals surface area contributed by atoms with E-state index in [0.29, 0.717) is 17.9 Å². The monoisotopic (exact) mass is 354 g/mol. The molecule has 2 fully saturated rings. The molecule has 1 atom stereocenters. The second-order valence-electron chi connectivity index (χ2n) is 7.51. The zero-order chi connectivity index (χ0) is 18.1. The van der Waals surface area contributed by atoms with E-state index in [9.17, 15) is 9.59 Å². The zero-order valence-corrected chi connectivity index (χ0v) is 15.2. The third-order valence-electron chi connectivity index (χ3n) is 5.48. The van der Waals surface area contributed by atoms with Crippen LogP contribution in [0.4, 0.5) is 5.69 Å². The molecule has 26 heavy (non-hydrogen) atoms. The van der Waals surface area contributed by atoms with E-state index in [-0.39, 0.29) is 11.8 Å². The van der Waals surface area contributed by atoms with Gasteiger partial charge in [-0.15, -0.1) is 0 Å². The molecule has 0 unspecified atom stereocenters. The molecular weight excluding hydrogens is 328 g/mol. The number of carbonyl (C=O) groups excluding carboxylic acids is 2. The lowest BCUT2D eigenvalue weighted by atomic mass is 9.94. The Kier molecular flexibility index (Phi) is 4.66. The molecule has 0 radical (unpaired) electrons. The van der Waals surface area contributed by atoms with E-state index in [1.807, 2.05) is 30.3 Å². The van der Waals surface area contributed by atoms with Gasteiger partial charge in [0.25, 0.3) is 11.8 Å². The van der Waals surface area contributed by atoms with E-state index < -0.39 is 6.04 Å². The summed E-state index contributed by atoms with van der Waals surface area (Å²) >= 11 is 0. The van der Waals surface area contributed by atoms with Gasteiger partial charge in [0.15, 0.2) is 0 Å². The van der Waals surface area contributed by atoms with Crippen molar-refractivity contribution < 1.29 is 9.59 Å². The molecule has 1 N–H and O–H groups in total. The molecule has 0 saturated heterocycles. The van der Waals surface area contributed by atoms with Gasteiger partial charge in [-0.3, -0.25) is 15.0 Å². The van der Waals surface area contributed by atoms with Crippen LogP contribution in [0.15, 0.2) is 35.3 Å². The maximum atomic E-state index is 13.3. The van der Waals surface area contributed by atoms with Crippen molar-refractivity contribution >= 4 is 23.3 Å². The Bertz CT molecular complexity index is 708. The van der Waals surface area contributed by atoms with Crippen molar-refractivity contribution in [2.45, 2.75) is 70.0 Å². The number of nitrogens with one attached hydrogen (secondary N) is 1. The molecule has 1 aromatic carbocycles. The number of benzene rings is 1. The highest BCUT2D eigenvalue weighted by Gasteiger charge is 2.41. The van der Waals surface area contributed by atoms with Crippen LogP contribution in [0.1, 0.15) is 51.9 Å². The van der Waals surface area contributed by atoms with Crippen molar-refractivity contribution in [3.05, 3.63) is 30.3 Å². The van der Waals surface area contributed by atoms with E-state index in [2.05, 4.69) is 15.3 Å². The second-order valence-corrected chi connectivity index (χ2v) is 7.51. The predicted octanol–water partition coefficient (Wildman–Crippen LogP) is 2.65. The minimum Gasteiger partial charge on any atom is -0.330 e. The van der Waals surface area contributed by atoms with Gasteiger partial charge in [0.05, 0.1) is 5.69 Å². The van der Waals surface area contributed by atoms with Crippen molar-refractivity contribution in [3.63, 3.8) is 0 Å². The third-order valence-corrected chi connectivity index (χ3v) is 5.48. The van der Waals surface area contributed by atoms with Gasteiger partial charge in [-0.2, -0.15) is 0 Å². The van der Waals surface area contributed by atoms with Crippen LogP contribution >= 0.6 is 0 Å². The number of rotatable bonds is 4. The average Bonchev–Trinajstić information content (AvgIpc) is 3.50. The lowest BCUT2D eigenvalue weighted by Gasteiger charge is -2.37. The van der Waals surface area contributed by atoms with Gasteiger partial charge in [-0.1, -0.05) is 37.5 Å². The van der Waals surface area contributed by atoms with Crippen molar-refractivity contribution in [3.8, 4) is 0 Å². The number of hydrogen-bond donors (Lipinski definition) is 1. The Balaban J connectivity index is 1.58. The second kappa shape index (κ2) is 7.09. The molecule has 0 spiro atoms. The molecular formula is C20H26N4O2. The van der Waals surface area contributed by atoms with Crippen LogP contribution in [0.25, 0.3) is 0 Å². The summed E-state index contributed by atoms with van der Waals surface area (Å²) in [7, 11) is 0. The topological polar surface area (TPSA) is 65.0 Å². The van der Waals surface area contributed by atoms with Gasteiger partial charge >= 0.3 is 0 Å². The van der Waals surface area contributed by atoms with E-state index in [4.69, 9.17) is 0 Å². The number of para-hydroxylation sites is 1. The van der Waals surface area contributed by atoms with Crippen LogP contribution in [0.2, 0.25) is 0 Å². The highest BCUT2D eigenvalue weighted by molar-refractivity contribution is 6.39. The molecule has 1 aliphatic heterocycles. The van der Waals surface area contributed by atoms with Gasteiger partial charge in [0.2, 0.25) is 5.84 Å². The third kappa shape index (κ3) is 3.32. The van der Waals surface area contributed by atoms with Gasteiger partial charge in [-0.25, -0.2) is 10.0 Å². The summed E-state index contributed by atoms with van der Waals surface area (Å²) in [6, 6.07) is 9.44. The van der Waals surface area contributed by atoms with Gasteiger partial charge in [-0.05, 0) is 44.7 Å². The quantitative estimate of drug-likeness (QED) is 0.904. The van der Waals surface area contributed by atoms with Gasteiger partial charge in [0, 0.05) is 12.1 Å². The summed E-state index contributed by atoms with van der Waals surface area (Å²) in [4.78, 5) is 32.3. The Morgan fingerprint density at radius 3 is 2.38 bits per heavy atom. The zero-order valence-electron chi connectivity index (χ0n) is 15.2. The summed E-state index contributed by atoms with van der Waals surface area (Å²) in [6.07, 6.45) is 7.94. The maximum Gasteiger partial charge on any atom is 0.291 e. The van der Waals surface area contributed by atoms with Crippen LogP contribution in [-0.2, 0) is 9.59 Å². The minimum atomic E-state index is -0.567. The van der Waals surface area contributed by atoms with Crippen LogP contribution in [0.3, 0.4) is 0 Å². The van der Waals surface area contributed by atoms with Crippen LogP contribution in [0.5, 0.6) is 0 Å². The van der Waals surface area contributed by atoms with Crippen LogP contribution < -0.4 is 10.4 Å². The number of hydrazine groups is 1. The molecule has 6 nitrogen and oxygen atoms in total. The number of aliphatic imine (C=N–C) groups is 1. The fourth-order valence-electron chi connectivity index (χ4n) is 3.96. The molecule has 6 heteroatoms. The lowest BCUT2D eigenvalue weighted by Crippen LogP contribution is -2.60. The highest BCUT2D eigenvalue weighted by atomic mass is 16.2. The van der Waals surface area contributed by atoms with E-state index in [0.717, 1.165) is 31.4 Å².